The van der Waals surface area contributed by atoms with Crippen molar-refractivity contribution >= 4 is 25.3 Å². The molecule has 0 saturated carbocycles. The Hall–Kier alpha value is -0.530. The number of hydrogen-bond acceptors (Lipinski definition) is 2. The molecule has 1 aliphatic heterocycles. The fourth-order valence-corrected chi connectivity index (χ4v) is 1.56. The Morgan fingerprint density at radius 2 is 1.85 bits per heavy atom. The number of nitrogens with zero attached hydrogens (tertiary/aromatic N) is 1. The van der Waals surface area contributed by atoms with Crippen molar-refractivity contribution in [2.75, 3.05) is 13.1 Å². The molecule has 0 atom stereocenters. The molecular weight excluding hydrogens is 158 g/mol. The van der Waals surface area contributed by atoms with Crippen molar-refractivity contribution in [2.45, 2.75) is 32.6 Å². The van der Waals surface area contributed by atoms with Gasteiger partial charge in [-0.25, -0.2) is 0 Å². The molecule has 2 N–H and O–H groups in total. The first-order valence-electron chi connectivity index (χ1n) is 5.13. The maximum atomic E-state index is 5.53. The molecule has 1 rings (SSSR count). The topological polar surface area (TPSA) is 29.3 Å². The van der Waals surface area contributed by atoms with E-state index in [0.717, 1.165) is 5.59 Å². The molecule has 1 saturated heterocycles. The van der Waals surface area contributed by atoms with E-state index in [-0.39, 0.29) is 0 Å². The average molecular weight is 176 g/mol. The third kappa shape index (κ3) is 4.91. The molecule has 13 heavy (non-hydrogen) atoms. The molecule has 0 aromatic carbocycles. The van der Waals surface area contributed by atoms with Crippen LogP contribution in [0.5, 0.6) is 0 Å². The van der Waals surface area contributed by atoms with Gasteiger partial charge in [0.05, 0.1) is 0 Å². The van der Waals surface area contributed by atoms with E-state index < -0.39 is 0 Å². The Kier molecular flexibility index (Phi) is 4.87. The maximum absolute atomic E-state index is 5.53. The monoisotopic (exact) mass is 176 g/mol. The van der Waals surface area contributed by atoms with Crippen molar-refractivity contribution in [3.05, 3.63) is 0 Å². The predicted molar refractivity (Wildman–Crippen MR) is 62.5 cm³/mol. The Labute approximate surface area is 82.3 Å². The molecule has 0 aromatic rings. The van der Waals surface area contributed by atoms with E-state index in [1.807, 2.05) is 20.5 Å². The first kappa shape index (κ1) is 10.6. The standard InChI is InChI=1S/C9H18B2N2/c1-9(12)11-10-8-13-6-4-2-3-5-7-13/h8H,2-7,12H2,1H3. The van der Waals surface area contributed by atoms with E-state index in [1.54, 1.807) is 0 Å². The van der Waals surface area contributed by atoms with E-state index in [0.29, 0.717) is 0 Å². The average Bonchev–Trinajstić information content (AvgIpc) is 2.32. The quantitative estimate of drug-likeness (QED) is 0.602. The van der Waals surface area contributed by atoms with Gasteiger partial charge in [-0.1, -0.05) is 0 Å². The van der Waals surface area contributed by atoms with Crippen LogP contribution in [0.25, 0.3) is 0 Å². The number of hydrogen-bond donors (Lipinski definition) is 1. The Morgan fingerprint density at radius 1 is 1.23 bits per heavy atom. The van der Waals surface area contributed by atoms with Crippen LogP contribution in [0.1, 0.15) is 32.6 Å². The van der Waals surface area contributed by atoms with E-state index in [1.165, 1.54) is 38.8 Å². The minimum atomic E-state index is 0.867. The van der Waals surface area contributed by atoms with Gasteiger partial charge in [0, 0.05) is 0 Å². The molecule has 70 valence electrons. The normalized spacial score (nSPS) is 19.5. The van der Waals surface area contributed by atoms with Crippen LogP contribution >= 0.6 is 0 Å². The zero-order chi connectivity index (χ0) is 9.52. The van der Waals surface area contributed by atoms with Crippen LogP contribution < -0.4 is 5.73 Å². The molecule has 0 spiro atoms. The molecule has 0 radical (unpaired) electrons. The summed E-state index contributed by atoms with van der Waals surface area (Å²) in [6.07, 6.45) is 7.58. The zero-order valence-electron chi connectivity index (χ0n) is 8.50. The minimum absolute atomic E-state index is 0.867. The van der Waals surface area contributed by atoms with E-state index >= 15 is 0 Å². The van der Waals surface area contributed by atoms with Crippen molar-refractivity contribution in [2.24, 2.45) is 5.73 Å². The van der Waals surface area contributed by atoms with Gasteiger partial charge in [0.2, 0.25) is 0 Å². The van der Waals surface area contributed by atoms with Gasteiger partial charge in [-0.15, -0.1) is 0 Å². The molecule has 0 aliphatic carbocycles. The number of rotatable bonds is 2. The van der Waals surface area contributed by atoms with Crippen LogP contribution in [0.2, 0.25) is 0 Å². The van der Waals surface area contributed by atoms with Gasteiger partial charge in [-0.2, -0.15) is 0 Å². The Morgan fingerprint density at radius 3 is 2.38 bits per heavy atom. The third-order valence-corrected chi connectivity index (χ3v) is 2.30. The number of nitrogens with two attached hydrogens (primary N) is 1. The second kappa shape index (κ2) is 6.00. The van der Waals surface area contributed by atoms with Crippen molar-refractivity contribution in [1.29, 1.82) is 0 Å². The summed E-state index contributed by atoms with van der Waals surface area (Å²) in [7, 11) is 0. The second-order valence-electron chi connectivity index (χ2n) is 3.70. The van der Waals surface area contributed by atoms with Crippen molar-refractivity contribution in [3.8, 4) is 0 Å². The summed E-state index contributed by atoms with van der Waals surface area (Å²) < 4.78 is 0. The van der Waals surface area contributed by atoms with Gasteiger partial charge in [0.15, 0.2) is 0 Å². The van der Waals surface area contributed by atoms with Crippen LogP contribution in [-0.2, 0) is 0 Å². The summed E-state index contributed by atoms with van der Waals surface area (Å²) in [6.45, 7) is 8.31. The summed E-state index contributed by atoms with van der Waals surface area (Å²) in [6, 6.07) is 0. The van der Waals surface area contributed by atoms with Crippen LogP contribution in [0.3, 0.4) is 0 Å². The van der Waals surface area contributed by atoms with Crippen molar-refractivity contribution < 1.29 is 0 Å². The summed E-state index contributed by atoms with van der Waals surface area (Å²) in [5.41, 5.74) is 6.40. The fourth-order valence-electron chi connectivity index (χ4n) is 1.56. The van der Waals surface area contributed by atoms with Gasteiger partial charge in [0.25, 0.3) is 0 Å². The van der Waals surface area contributed by atoms with Gasteiger partial charge in [-0.3, -0.25) is 0 Å². The SMILES string of the molecule is CC(N)=BB=CN1CCCCCC1. The van der Waals surface area contributed by atoms with Gasteiger partial charge >= 0.3 is 81.6 Å². The first-order chi connectivity index (χ1) is 6.29. The van der Waals surface area contributed by atoms with Gasteiger partial charge in [-0.05, 0) is 0 Å². The van der Waals surface area contributed by atoms with Gasteiger partial charge < -0.3 is 0 Å². The molecule has 0 aromatic heterocycles. The summed E-state index contributed by atoms with van der Waals surface area (Å²) >= 11 is 0. The van der Waals surface area contributed by atoms with Gasteiger partial charge in [0.1, 0.15) is 0 Å². The summed E-state index contributed by atoms with van der Waals surface area (Å²) in [4.78, 5) is 2.38. The van der Waals surface area contributed by atoms with Crippen LogP contribution in [0, 0.1) is 0 Å². The van der Waals surface area contributed by atoms with E-state index in [4.69, 9.17) is 5.73 Å². The summed E-state index contributed by atoms with van der Waals surface area (Å²) in [5, 5.41) is 0. The Balaban J connectivity index is 2.33. The molecule has 0 amide bonds. The zero-order valence-corrected chi connectivity index (χ0v) is 8.50. The molecule has 0 bridgehead atoms. The molecule has 4 heteroatoms. The van der Waals surface area contributed by atoms with Crippen molar-refractivity contribution in [3.63, 3.8) is 0 Å². The molecular formula is C9H18B2N2. The fraction of sp³-hybridized carbons (Fsp3) is 0.778. The third-order valence-electron chi connectivity index (χ3n) is 2.30. The molecule has 1 fully saturated rings. The molecule has 0 unspecified atom stereocenters. The molecule has 1 heterocycles. The first-order valence-corrected chi connectivity index (χ1v) is 5.13. The van der Waals surface area contributed by atoms with Crippen LogP contribution in [0.15, 0.2) is 0 Å². The van der Waals surface area contributed by atoms with Crippen LogP contribution in [0.4, 0.5) is 0 Å². The summed E-state index contributed by atoms with van der Waals surface area (Å²) in [5.74, 6) is 0. The van der Waals surface area contributed by atoms with E-state index in [2.05, 4.69) is 11.0 Å². The molecule has 1 aliphatic rings. The van der Waals surface area contributed by atoms with Crippen LogP contribution in [-0.4, -0.2) is 43.3 Å². The second-order valence-corrected chi connectivity index (χ2v) is 3.70. The number of likely N-dealkylation sites (tertiary alicyclic amines) is 1. The predicted octanol–water partition coefficient (Wildman–Crippen LogP) is 0.0540. The molecule has 2 nitrogen and oxygen atoms in total. The van der Waals surface area contributed by atoms with E-state index in [9.17, 15) is 0 Å². The van der Waals surface area contributed by atoms with Crippen molar-refractivity contribution in [1.82, 2.24) is 4.90 Å². The Bertz CT molecular complexity index is 190.